The van der Waals surface area contributed by atoms with Crippen LogP contribution < -0.4 is 14.2 Å². The number of carbonyl (C=O) groups excluding carboxylic acids is 1. The van der Waals surface area contributed by atoms with Gasteiger partial charge in [0.05, 0.1) is 0 Å². The molecule has 1 unspecified atom stereocenters. The van der Waals surface area contributed by atoms with Crippen LogP contribution in [0.4, 0.5) is 0 Å². The molecule has 154 valence electrons. The maximum Gasteiger partial charge on any atom is 0.323 e. The lowest BCUT2D eigenvalue weighted by molar-refractivity contribution is -0.133. The Morgan fingerprint density at radius 2 is 1.47 bits per heavy atom. The van der Waals surface area contributed by atoms with Crippen LogP contribution in [0.15, 0.2) is 72.8 Å². The van der Waals surface area contributed by atoms with E-state index in [0.717, 1.165) is 22.6 Å². The topological polar surface area (TPSA) is 44.8 Å². The molecule has 0 aromatic heterocycles. The van der Waals surface area contributed by atoms with E-state index in [4.69, 9.17) is 14.2 Å². The number of rotatable bonds is 6. The monoisotopic (exact) mass is 402 g/mol. The van der Waals surface area contributed by atoms with Gasteiger partial charge in [-0.25, -0.2) is 0 Å². The van der Waals surface area contributed by atoms with Crippen molar-refractivity contribution < 1.29 is 19.0 Å². The van der Waals surface area contributed by atoms with E-state index in [9.17, 15) is 4.79 Å². The van der Waals surface area contributed by atoms with Crippen molar-refractivity contribution in [1.82, 2.24) is 0 Å². The molecular formula is C26H26O4. The fourth-order valence-corrected chi connectivity index (χ4v) is 3.54. The Bertz CT molecular complexity index is 1020. The van der Waals surface area contributed by atoms with Gasteiger partial charge in [0.1, 0.15) is 36.4 Å². The Hall–Kier alpha value is -3.27. The Balaban J connectivity index is 1.42. The van der Waals surface area contributed by atoms with Crippen LogP contribution in [0.5, 0.6) is 17.2 Å². The van der Waals surface area contributed by atoms with Crippen molar-refractivity contribution in [2.24, 2.45) is 0 Å². The summed E-state index contributed by atoms with van der Waals surface area (Å²) >= 11 is 0. The molecule has 4 nitrogen and oxygen atoms in total. The molecule has 0 radical (unpaired) electrons. The van der Waals surface area contributed by atoms with Gasteiger partial charge in [-0.1, -0.05) is 63.2 Å². The molecular weight excluding hydrogens is 376 g/mol. The summed E-state index contributed by atoms with van der Waals surface area (Å²) in [6.45, 7) is 7.39. The second-order valence-electron chi connectivity index (χ2n) is 8.44. The SMILES string of the molecule is CC(C)(C)c1ccc2c(c1)C(c1ccc(OCCOc3ccccc3)cc1)C(=O)O2. The lowest BCUT2D eigenvalue weighted by Gasteiger charge is -2.20. The fraction of sp³-hybridized carbons (Fsp3) is 0.269. The van der Waals surface area contributed by atoms with E-state index in [-0.39, 0.29) is 11.4 Å². The largest absolute Gasteiger partial charge is 0.490 e. The molecule has 0 bridgehead atoms. The van der Waals surface area contributed by atoms with Gasteiger partial charge < -0.3 is 14.2 Å². The minimum absolute atomic E-state index is 0.00470. The molecule has 30 heavy (non-hydrogen) atoms. The summed E-state index contributed by atoms with van der Waals surface area (Å²) in [5.74, 6) is 1.57. The molecule has 0 saturated carbocycles. The molecule has 0 spiro atoms. The third kappa shape index (κ3) is 4.33. The van der Waals surface area contributed by atoms with Crippen LogP contribution in [0.2, 0.25) is 0 Å². The van der Waals surface area contributed by atoms with Gasteiger partial charge in [-0.2, -0.15) is 0 Å². The summed E-state index contributed by atoms with van der Waals surface area (Å²) < 4.78 is 16.9. The highest BCUT2D eigenvalue weighted by atomic mass is 16.5. The van der Waals surface area contributed by atoms with Crippen molar-refractivity contribution in [2.75, 3.05) is 13.2 Å². The predicted octanol–water partition coefficient (Wildman–Crippen LogP) is 5.49. The second kappa shape index (κ2) is 8.23. The van der Waals surface area contributed by atoms with Gasteiger partial charge in [0.2, 0.25) is 0 Å². The lowest BCUT2D eigenvalue weighted by atomic mass is 9.83. The Kier molecular flexibility index (Phi) is 5.49. The van der Waals surface area contributed by atoms with E-state index in [1.807, 2.05) is 66.7 Å². The van der Waals surface area contributed by atoms with Gasteiger partial charge in [-0.05, 0) is 46.9 Å². The van der Waals surface area contributed by atoms with Crippen LogP contribution in [-0.2, 0) is 10.2 Å². The molecule has 0 fully saturated rings. The number of hydrogen-bond acceptors (Lipinski definition) is 4. The van der Waals surface area contributed by atoms with Crippen molar-refractivity contribution in [3.8, 4) is 17.2 Å². The van der Waals surface area contributed by atoms with E-state index in [2.05, 4.69) is 26.8 Å². The molecule has 4 heteroatoms. The molecule has 3 aromatic rings. The number of fused-ring (bicyclic) bond motifs is 1. The molecule has 0 aliphatic carbocycles. The van der Waals surface area contributed by atoms with Crippen molar-refractivity contribution >= 4 is 5.97 Å². The number of carbonyl (C=O) groups is 1. The fourth-order valence-electron chi connectivity index (χ4n) is 3.54. The van der Waals surface area contributed by atoms with E-state index < -0.39 is 5.92 Å². The third-order valence-electron chi connectivity index (χ3n) is 5.21. The first-order valence-corrected chi connectivity index (χ1v) is 10.2. The molecule has 0 saturated heterocycles. The summed E-state index contributed by atoms with van der Waals surface area (Å²) in [7, 11) is 0. The van der Waals surface area contributed by atoms with Gasteiger partial charge in [-0.15, -0.1) is 0 Å². The minimum Gasteiger partial charge on any atom is -0.490 e. The standard InChI is InChI=1S/C26H26O4/c1-26(2,3)19-11-14-23-22(17-19)24(25(27)30-23)18-9-12-21(13-10-18)29-16-15-28-20-7-5-4-6-8-20/h4-14,17,24H,15-16H2,1-3H3. The van der Waals surface area contributed by atoms with Gasteiger partial charge in [0.25, 0.3) is 0 Å². The van der Waals surface area contributed by atoms with Gasteiger partial charge in [0, 0.05) is 5.56 Å². The van der Waals surface area contributed by atoms with Gasteiger partial charge >= 0.3 is 5.97 Å². The number of esters is 1. The van der Waals surface area contributed by atoms with E-state index in [1.54, 1.807) is 0 Å². The molecule has 4 rings (SSSR count). The minimum atomic E-state index is -0.405. The predicted molar refractivity (Wildman–Crippen MR) is 116 cm³/mol. The third-order valence-corrected chi connectivity index (χ3v) is 5.21. The number of ether oxygens (including phenoxy) is 3. The molecule has 1 heterocycles. The zero-order chi connectivity index (χ0) is 21.1. The average Bonchev–Trinajstić information content (AvgIpc) is 3.07. The van der Waals surface area contributed by atoms with Crippen LogP contribution in [0.25, 0.3) is 0 Å². The quantitative estimate of drug-likeness (QED) is 0.311. The van der Waals surface area contributed by atoms with E-state index >= 15 is 0 Å². The van der Waals surface area contributed by atoms with Gasteiger partial charge in [0.15, 0.2) is 0 Å². The Morgan fingerprint density at radius 1 is 0.833 bits per heavy atom. The van der Waals surface area contributed by atoms with Crippen molar-refractivity contribution in [3.63, 3.8) is 0 Å². The maximum atomic E-state index is 12.6. The summed E-state index contributed by atoms with van der Waals surface area (Å²) in [5, 5.41) is 0. The van der Waals surface area contributed by atoms with Crippen LogP contribution in [0.3, 0.4) is 0 Å². The first-order chi connectivity index (χ1) is 14.4. The first kappa shape index (κ1) is 20.0. The zero-order valence-corrected chi connectivity index (χ0v) is 17.6. The summed E-state index contributed by atoms with van der Waals surface area (Å²) in [4.78, 5) is 12.6. The molecule has 0 N–H and O–H groups in total. The smallest absolute Gasteiger partial charge is 0.323 e. The van der Waals surface area contributed by atoms with Crippen molar-refractivity contribution in [2.45, 2.75) is 32.1 Å². The molecule has 1 aliphatic rings. The zero-order valence-electron chi connectivity index (χ0n) is 17.6. The molecule has 1 aliphatic heterocycles. The number of para-hydroxylation sites is 1. The molecule has 1 atom stereocenters. The second-order valence-corrected chi connectivity index (χ2v) is 8.44. The maximum absolute atomic E-state index is 12.6. The Labute approximate surface area is 177 Å². The van der Waals surface area contributed by atoms with Crippen molar-refractivity contribution in [3.05, 3.63) is 89.5 Å². The highest BCUT2D eigenvalue weighted by Gasteiger charge is 2.35. The van der Waals surface area contributed by atoms with Crippen molar-refractivity contribution in [1.29, 1.82) is 0 Å². The molecule has 0 amide bonds. The lowest BCUT2D eigenvalue weighted by Crippen LogP contribution is -2.13. The van der Waals surface area contributed by atoms with Gasteiger partial charge in [-0.3, -0.25) is 4.79 Å². The summed E-state index contributed by atoms with van der Waals surface area (Å²) in [6.07, 6.45) is 0. The van der Waals surface area contributed by atoms with Crippen LogP contribution >= 0.6 is 0 Å². The normalized spacial score (nSPS) is 15.4. The average molecular weight is 402 g/mol. The highest BCUT2D eigenvalue weighted by Crippen LogP contribution is 2.41. The van der Waals surface area contributed by atoms with E-state index in [1.165, 1.54) is 5.56 Å². The summed E-state index contributed by atoms with van der Waals surface area (Å²) in [6, 6.07) is 23.3. The number of hydrogen-bond donors (Lipinski definition) is 0. The van der Waals surface area contributed by atoms with E-state index in [0.29, 0.717) is 19.0 Å². The highest BCUT2D eigenvalue weighted by molar-refractivity contribution is 5.89. The van der Waals surface area contributed by atoms with Crippen LogP contribution in [0, 0.1) is 0 Å². The van der Waals surface area contributed by atoms with Crippen LogP contribution in [0.1, 0.15) is 43.4 Å². The Morgan fingerprint density at radius 3 is 2.10 bits per heavy atom. The number of benzene rings is 3. The van der Waals surface area contributed by atoms with Crippen LogP contribution in [-0.4, -0.2) is 19.2 Å². The first-order valence-electron chi connectivity index (χ1n) is 10.2. The molecule has 3 aromatic carbocycles. The summed E-state index contributed by atoms with van der Waals surface area (Å²) in [5.41, 5.74) is 3.02.